The maximum Gasteiger partial charge on any atom is 0.264 e. The zero-order valence-corrected chi connectivity index (χ0v) is 26.0. The maximum atomic E-state index is 15.2. The first kappa shape index (κ1) is 32.4. The molecule has 0 fully saturated rings. The van der Waals surface area contributed by atoms with Crippen LogP contribution >= 0.6 is 0 Å². The highest BCUT2D eigenvalue weighted by molar-refractivity contribution is 7.92. The van der Waals surface area contributed by atoms with Gasteiger partial charge in [0.05, 0.1) is 10.6 Å². The van der Waals surface area contributed by atoms with Crippen LogP contribution in [0, 0.1) is 12.7 Å². The molecule has 0 heterocycles. The molecule has 4 aromatic rings. The number of benzene rings is 4. The van der Waals surface area contributed by atoms with Crippen molar-refractivity contribution >= 4 is 27.5 Å². The molecule has 0 unspecified atom stereocenters. The van der Waals surface area contributed by atoms with Gasteiger partial charge in [-0.2, -0.15) is 0 Å². The summed E-state index contributed by atoms with van der Waals surface area (Å²) in [5, 5.41) is 3.00. The number of rotatable bonds is 13. The zero-order valence-electron chi connectivity index (χ0n) is 25.2. The molecule has 9 heteroatoms. The van der Waals surface area contributed by atoms with Crippen LogP contribution in [-0.4, -0.2) is 43.8 Å². The summed E-state index contributed by atoms with van der Waals surface area (Å²) in [6, 6.07) is 29.0. The van der Waals surface area contributed by atoms with Gasteiger partial charge >= 0.3 is 0 Å². The summed E-state index contributed by atoms with van der Waals surface area (Å²) in [5.41, 5.74) is 2.18. The Morgan fingerprint density at radius 2 is 1.39 bits per heavy atom. The van der Waals surface area contributed by atoms with E-state index < -0.39 is 34.3 Å². The van der Waals surface area contributed by atoms with E-state index in [1.807, 2.05) is 81.4 Å². The van der Waals surface area contributed by atoms with E-state index in [1.54, 1.807) is 12.1 Å². The van der Waals surface area contributed by atoms with Crippen LogP contribution in [0.1, 0.15) is 37.0 Å². The molecule has 2 atom stereocenters. The fourth-order valence-corrected chi connectivity index (χ4v) is 6.20. The predicted octanol–water partition coefficient (Wildman–Crippen LogP) is 5.88. The molecule has 0 aliphatic rings. The highest BCUT2D eigenvalue weighted by Crippen LogP contribution is 2.27. The normalized spacial score (nSPS) is 12.6. The number of nitrogens with one attached hydrogen (secondary N) is 1. The molecule has 0 aliphatic heterocycles. The monoisotopic (exact) mass is 615 g/mol. The van der Waals surface area contributed by atoms with Crippen LogP contribution < -0.4 is 9.62 Å². The Balaban J connectivity index is 1.80. The number of para-hydroxylation sites is 1. The fourth-order valence-electron chi connectivity index (χ4n) is 4.78. The molecule has 44 heavy (non-hydrogen) atoms. The predicted molar refractivity (Wildman–Crippen MR) is 171 cm³/mol. The number of hydrogen-bond acceptors (Lipinski definition) is 4. The standard InChI is InChI=1S/C35H38FN3O4S/c1-4-27(3)37-35(41)33(23-28-13-7-5-8-14-28)38(24-29-15-9-6-10-16-29)34(40)25-39(32-18-12-11-17-31(32)36)44(42,43)30-21-19-26(2)20-22-30/h5-22,27,33H,4,23-25H2,1-3H3,(H,37,41)/t27-,33+/m0/s1. The van der Waals surface area contributed by atoms with Gasteiger partial charge in [-0.05, 0) is 55.7 Å². The molecule has 230 valence electrons. The van der Waals surface area contributed by atoms with Gasteiger partial charge < -0.3 is 10.2 Å². The lowest BCUT2D eigenvalue weighted by atomic mass is 10.0. The number of hydrogen-bond donors (Lipinski definition) is 1. The third-order valence-corrected chi connectivity index (χ3v) is 9.25. The van der Waals surface area contributed by atoms with E-state index in [0.29, 0.717) is 6.42 Å². The summed E-state index contributed by atoms with van der Waals surface area (Å²) in [7, 11) is -4.38. The van der Waals surface area contributed by atoms with Crippen LogP contribution in [0.4, 0.5) is 10.1 Å². The van der Waals surface area contributed by atoms with E-state index in [4.69, 9.17) is 0 Å². The van der Waals surface area contributed by atoms with Gasteiger partial charge in [-0.15, -0.1) is 0 Å². The third kappa shape index (κ3) is 8.11. The summed E-state index contributed by atoms with van der Waals surface area (Å²) >= 11 is 0. The largest absolute Gasteiger partial charge is 0.352 e. The molecule has 1 N–H and O–H groups in total. The molecular formula is C35H38FN3O4S. The highest BCUT2D eigenvalue weighted by Gasteiger charge is 2.35. The molecule has 0 aromatic heterocycles. The topological polar surface area (TPSA) is 86.8 Å². The molecule has 2 amide bonds. The lowest BCUT2D eigenvalue weighted by Gasteiger charge is -2.34. The number of aryl methyl sites for hydroxylation is 1. The van der Waals surface area contributed by atoms with Crippen LogP contribution in [-0.2, 0) is 32.6 Å². The minimum Gasteiger partial charge on any atom is -0.352 e. The van der Waals surface area contributed by atoms with Gasteiger partial charge in [0.15, 0.2) is 0 Å². The van der Waals surface area contributed by atoms with Gasteiger partial charge in [0.2, 0.25) is 11.8 Å². The number of anilines is 1. The Labute approximate surface area is 259 Å². The Morgan fingerprint density at radius 3 is 1.98 bits per heavy atom. The molecule has 0 aliphatic carbocycles. The lowest BCUT2D eigenvalue weighted by molar-refractivity contribution is -0.140. The van der Waals surface area contributed by atoms with Crippen molar-refractivity contribution in [3.05, 3.63) is 132 Å². The second-order valence-electron chi connectivity index (χ2n) is 10.8. The smallest absolute Gasteiger partial charge is 0.264 e. The van der Waals surface area contributed by atoms with Crippen LogP contribution in [0.5, 0.6) is 0 Å². The number of sulfonamides is 1. The van der Waals surface area contributed by atoms with Crippen molar-refractivity contribution in [3.8, 4) is 0 Å². The summed E-state index contributed by atoms with van der Waals surface area (Å²) in [5.74, 6) is -1.79. The Morgan fingerprint density at radius 1 is 0.818 bits per heavy atom. The second-order valence-corrected chi connectivity index (χ2v) is 12.7. The molecule has 7 nitrogen and oxygen atoms in total. The van der Waals surface area contributed by atoms with Crippen molar-refractivity contribution in [2.45, 2.75) is 57.1 Å². The number of carbonyl (C=O) groups excluding carboxylic acids is 2. The molecule has 0 saturated carbocycles. The molecular weight excluding hydrogens is 577 g/mol. The molecule has 4 aromatic carbocycles. The van der Waals surface area contributed by atoms with Gasteiger partial charge in [0, 0.05) is 19.0 Å². The first-order valence-corrected chi connectivity index (χ1v) is 16.1. The fraction of sp³-hybridized carbons (Fsp3) is 0.257. The quantitative estimate of drug-likeness (QED) is 0.203. The average Bonchev–Trinajstić information content (AvgIpc) is 3.03. The van der Waals surface area contributed by atoms with E-state index in [-0.39, 0.29) is 35.5 Å². The zero-order chi connectivity index (χ0) is 31.7. The minimum atomic E-state index is -4.38. The Kier molecular flexibility index (Phi) is 10.9. The summed E-state index contributed by atoms with van der Waals surface area (Å²) in [6.45, 7) is 4.99. The first-order valence-electron chi connectivity index (χ1n) is 14.6. The van der Waals surface area contributed by atoms with Crippen molar-refractivity contribution in [2.75, 3.05) is 10.8 Å². The number of nitrogens with zero attached hydrogens (tertiary/aromatic N) is 2. The number of carbonyl (C=O) groups is 2. The molecule has 4 rings (SSSR count). The van der Waals surface area contributed by atoms with Crippen molar-refractivity contribution in [1.82, 2.24) is 10.2 Å². The maximum absolute atomic E-state index is 15.2. The van der Waals surface area contributed by atoms with Crippen LogP contribution in [0.2, 0.25) is 0 Å². The van der Waals surface area contributed by atoms with E-state index in [2.05, 4.69) is 5.32 Å². The molecule has 0 bridgehead atoms. The van der Waals surface area contributed by atoms with Crippen molar-refractivity contribution < 1.29 is 22.4 Å². The number of amides is 2. The minimum absolute atomic E-state index is 0.0425. The third-order valence-electron chi connectivity index (χ3n) is 7.48. The average molecular weight is 616 g/mol. The van der Waals surface area contributed by atoms with E-state index in [9.17, 15) is 18.0 Å². The van der Waals surface area contributed by atoms with Gasteiger partial charge in [-0.3, -0.25) is 13.9 Å². The summed E-state index contributed by atoms with van der Waals surface area (Å²) < 4.78 is 44.0. The van der Waals surface area contributed by atoms with Crippen molar-refractivity contribution in [1.29, 1.82) is 0 Å². The van der Waals surface area contributed by atoms with Gasteiger partial charge in [-0.25, -0.2) is 12.8 Å². The van der Waals surface area contributed by atoms with Crippen LogP contribution in [0.3, 0.4) is 0 Å². The van der Waals surface area contributed by atoms with Crippen molar-refractivity contribution in [3.63, 3.8) is 0 Å². The Bertz CT molecular complexity index is 1650. The number of halogens is 1. The van der Waals surface area contributed by atoms with E-state index >= 15 is 4.39 Å². The molecule has 0 saturated heterocycles. The molecule has 0 radical (unpaired) electrons. The van der Waals surface area contributed by atoms with Gasteiger partial charge in [0.25, 0.3) is 10.0 Å². The van der Waals surface area contributed by atoms with Gasteiger partial charge in [-0.1, -0.05) is 97.4 Å². The molecule has 0 spiro atoms. The van der Waals surface area contributed by atoms with E-state index in [0.717, 1.165) is 27.1 Å². The summed E-state index contributed by atoms with van der Waals surface area (Å²) in [4.78, 5) is 29.5. The van der Waals surface area contributed by atoms with E-state index in [1.165, 1.54) is 35.2 Å². The summed E-state index contributed by atoms with van der Waals surface area (Å²) in [6.07, 6.45) is 0.887. The SMILES string of the molecule is CC[C@H](C)NC(=O)[C@@H](Cc1ccccc1)N(Cc1ccccc1)C(=O)CN(c1ccccc1F)S(=O)(=O)c1ccc(C)cc1. The van der Waals surface area contributed by atoms with Crippen LogP contribution in [0.25, 0.3) is 0 Å². The second kappa shape index (κ2) is 14.8. The van der Waals surface area contributed by atoms with Crippen LogP contribution in [0.15, 0.2) is 114 Å². The van der Waals surface area contributed by atoms with Crippen molar-refractivity contribution in [2.24, 2.45) is 0 Å². The lowest BCUT2D eigenvalue weighted by Crippen LogP contribution is -2.54. The first-order chi connectivity index (χ1) is 21.1. The Hall–Kier alpha value is -4.50. The van der Waals surface area contributed by atoms with Gasteiger partial charge in [0.1, 0.15) is 18.4 Å². The highest BCUT2D eigenvalue weighted by atomic mass is 32.2.